The van der Waals surface area contributed by atoms with Gasteiger partial charge in [-0.1, -0.05) is 25.7 Å². The second-order valence-corrected chi connectivity index (χ2v) is 6.52. The quantitative estimate of drug-likeness (QED) is 0.876. The second kappa shape index (κ2) is 5.56. The van der Waals surface area contributed by atoms with E-state index >= 15 is 0 Å². The summed E-state index contributed by atoms with van der Waals surface area (Å²) >= 11 is 0. The molecule has 0 spiro atoms. The first-order valence-electron chi connectivity index (χ1n) is 8.06. The maximum Gasteiger partial charge on any atom is 0.203 e. The van der Waals surface area contributed by atoms with E-state index in [0.29, 0.717) is 12.1 Å². The zero-order valence-corrected chi connectivity index (χ0v) is 12.4. The van der Waals surface area contributed by atoms with Crippen molar-refractivity contribution in [2.75, 3.05) is 5.32 Å². The van der Waals surface area contributed by atoms with Gasteiger partial charge in [0, 0.05) is 18.3 Å². The van der Waals surface area contributed by atoms with E-state index in [1.54, 1.807) is 0 Å². The van der Waals surface area contributed by atoms with E-state index in [0.717, 1.165) is 17.6 Å². The Morgan fingerprint density at radius 2 is 1.89 bits per heavy atom. The van der Waals surface area contributed by atoms with Crippen molar-refractivity contribution in [3.63, 3.8) is 0 Å². The summed E-state index contributed by atoms with van der Waals surface area (Å²) in [5.74, 6) is 1.98. The first-order chi connectivity index (χ1) is 9.24. The maximum atomic E-state index is 4.72. The van der Waals surface area contributed by atoms with Crippen LogP contribution in [0.15, 0.2) is 6.20 Å². The van der Waals surface area contributed by atoms with Gasteiger partial charge in [-0.25, -0.2) is 4.98 Å². The van der Waals surface area contributed by atoms with E-state index in [1.165, 1.54) is 51.4 Å². The van der Waals surface area contributed by atoms with Crippen LogP contribution < -0.4 is 5.32 Å². The average molecular weight is 261 g/mol. The summed E-state index contributed by atoms with van der Waals surface area (Å²) in [4.78, 5) is 4.72. The molecule has 2 aliphatic rings. The molecule has 19 heavy (non-hydrogen) atoms. The van der Waals surface area contributed by atoms with Crippen LogP contribution in [0.3, 0.4) is 0 Å². The van der Waals surface area contributed by atoms with E-state index in [9.17, 15) is 0 Å². The monoisotopic (exact) mass is 261 g/mol. The number of aromatic nitrogens is 2. The third-order valence-corrected chi connectivity index (χ3v) is 5.06. The third-order valence-electron chi connectivity index (χ3n) is 5.06. The number of nitrogens with zero attached hydrogens (tertiary/aromatic N) is 2. The third kappa shape index (κ3) is 2.80. The Kier molecular flexibility index (Phi) is 3.81. The number of aryl methyl sites for hydroxylation is 1. The standard InChI is InChI=1S/C16H27N3/c1-12-11-19(13(2)14-7-6-8-14)16(17-12)18-15-9-4-3-5-10-15/h11,13-15H,3-10H2,1-2H3,(H,17,18). The Hall–Kier alpha value is -0.990. The van der Waals surface area contributed by atoms with Crippen molar-refractivity contribution in [3.05, 3.63) is 11.9 Å². The minimum absolute atomic E-state index is 0.598. The molecule has 3 heteroatoms. The lowest BCUT2D eigenvalue weighted by Crippen LogP contribution is -2.27. The lowest BCUT2D eigenvalue weighted by Gasteiger charge is -2.33. The summed E-state index contributed by atoms with van der Waals surface area (Å²) in [6.45, 7) is 4.47. The lowest BCUT2D eigenvalue weighted by atomic mass is 9.80. The van der Waals surface area contributed by atoms with Crippen LogP contribution in [0, 0.1) is 12.8 Å². The van der Waals surface area contributed by atoms with Gasteiger partial charge in [0.15, 0.2) is 0 Å². The highest BCUT2D eigenvalue weighted by Crippen LogP contribution is 2.37. The fourth-order valence-corrected chi connectivity index (χ4v) is 3.51. The molecule has 1 aromatic rings. The van der Waals surface area contributed by atoms with Crippen molar-refractivity contribution in [1.29, 1.82) is 0 Å². The Bertz CT molecular complexity index is 414. The molecule has 1 heterocycles. The number of hydrogen-bond acceptors (Lipinski definition) is 2. The molecule has 0 aromatic carbocycles. The zero-order chi connectivity index (χ0) is 13.2. The van der Waals surface area contributed by atoms with Crippen LogP contribution in [-0.2, 0) is 0 Å². The number of anilines is 1. The normalized spacial score (nSPS) is 23.1. The van der Waals surface area contributed by atoms with Gasteiger partial charge in [-0.05, 0) is 45.4 Å². The lowest BCUT2D eigenvalue weighted by molar-refractivity contribution is 0.223. The molecule has 3 nitrogen and oxygen atoms in total. The van der Waals surface area contributed by atoms with E-state index < -0.39 is 0 Å². The van der Waals surface area contributed by atoms with Crippen molar-refractivity contribution < 1.29 is 0 Å². The Labute approximate surface area is 116 Å². The number of hydrogen-bond donors (Lipinski definition) is 1. The molecule has 2 aliphatic carbocycles. The molecule has 0 radical (unpaired) electrons. The zero-order valence-electron chi connectivity index (χ0n) is 12.4. The SMILES string of the molecule is Cc1cn(C(C)C2CCC2)c(NC2CCCCC2)n1. The van der Waals surface area contributed by atoms with Crippen molar-refractivity contribution in [2.24, 2.45) is 5.92 Å². The second-order valence-electron chi connectivity index (χ2n) is 6.52. The van der Waals surface area contributed by atoms with Crippen molar-refractivity contribution in [1.82, 2.24) is 9.55 Å². The van der Waals surface area contributed by atoms with Gasteiger partial charge < -0.3 is 9.88 Å². The summed E-state index contributed by atoms with van der Waals surface area (Å²) in [7, 11) is 0. The molecule has 0 aliphatic heterocycles. The van der Waals surface area contributed by atoms with Crippen LogP contribution in [0.2, 0.25) is 0 Å². The summed E-state index contributed by atoms with van der Waals surface area (Å²) < 4.78 is 2.40. The first kappa shape index (κ1) is 13.0. The van der Waals surface area contributed by atoms with Gasteiger partial charge >= 0.3 is 0 Å². The molecule has 1 unspecified atom stereocenters. The number of imidazole rings is 1. The molecule has 0 saturated heterocycles. The van der Waals surface area contributed by atoms with Crippen LogP contribution in [0.25, 0.3) is 0 Å². The summed E-state index contributed by atoms with van der Waals surface area (Å²) in [6.07, 6.45) is 13.2. The highest BCUT2D eigenvalue weighted by atomic mass is 15.2. The van der Waals surface area contributed by atoms with Crippen molar-refractivity contribution in [3.8, 4) is 0 Å². The van der Waals surface area contributed by atoms with E-state index in [-0.39, 0.29) is 0 Å². The van der Waals surface area contributed by atoms with Gasteiger partial charge in [0.2, 0.25) is 5.95 Å². The topological polar surface area (TPSA) is 29.9 Å². The Morgan fingerprint density at radius 1 is 1.16 bits per heavy atom. The molecule has 1 aromatic heterocycles. The number of rotatable bonds is 4. The van der Waals surface area contributed by atoms with Crippen LogP contribution >= 0.6 is 0 Å². The first-order valence-corrected chi connectivity index (χ1v) is 8.06. The summed E-state index contributed by atoms with van der Waals surface area (Å²) in [5, 5.41) is 3.71. The molecule has 3 rings (SSSR count). The summed E-state index contributed by atoms with van der Waals surface area (Å²) in [5.41, 5.74) is 1.14. The summed E-state index contributed by atoms with van der Waals surface area (Å²) in [6, 6.07) is 1.24. The van der Waals surface area contributed by atoms with Gasteiger partial charge in [0.25, 0.3) is 0 Å². The predicted molar refractivity (Wildman–Crippen MR) is 79.5 cm³/mol. The molecule has 0 bridgehead atoms. The van der Waals surface area contributed by atoms with Crippen LogP contribution in [0.4, 0.5) is 5.95 Å². The molecule has 2 fully saturated rings. The molecule has 106 valence electrons. The molecule has 1 N–H and O–H groups in total. The van der Waals surface area contributed by atoms with Crippen LogP contribution in [0.1, 0.15) is 70.0 Å². The Morgan fingerprint density at radius 3 is 2.53 bits per heavy atom. The van der Waals surface area contributed by atoms with Crippen molar-refractivity contribution >= 4 is 5.95 Å². The molecular weight excluding hydrogens is 234 g/mol. The Balaban J connectivity index is 1.72. The van der Waals surface area contributed by atoms with Crippen LogP contribution in [0.5, 0.6) is 0 Å². The average Bonchev–Trinajstić information content (AvgIpc) is 2.69. The van der Waals surface area contributed by atoms with Gasteiger partial charge in [-0.2, -0.15) is 0 Å². The highest BCUT2D eigenvalue weighted by molar-refractivity contribution is 5.31. The van der Waals surface area contributed by atoms with Gasteiger partial charge in [0.05, 0.1) is 5.69 Å². The van der Waals surface area contributed by atoms with E-state index in [4.69, 9.17) is 4.98 Å². The number of nitrogens with one attached hydrogen (secondary N) is 1. The highest BCUT2D eigenvalue weighted by Gasteiger charge is 2.27. The van der Waals surface area contributed by atoms with Crippen LogP contribution in [-0.4, -0.2) is 15.6 Å². The fraction of sp³-hybridized carbons (Fsp3) is 0.812. The smallest absolute Gasteiger partial charge is 0.203 e. The molecular formula is C16H27N3. The maximum absolute atomic E-state index is 4.72. The van der Waals surface area contributed by atoms with Gasteiger partial charge in [0.1, 0.15) is 0 Å². The predicted octanol–water partition coefficient (Wildman–Crippen LogP) is 4.30. The molecule has 0 amide bonds. The largest absolute Gasteiger partial charge is 0.353 e. The van der Waals surface area contributed by atoms with E-state index in [2.05, 4.69) is 29.9 Å². The van der Waals surface area contributed by atoms with Gasteiger partial charge in [-0.3, -0.25) is 0 Å². The molecule has 2 saturated carbocycles. The van der Waals surface area contributed by atoms with Crippen molar-refractivity contribution in [2.45, 2.75) is 77.3 Å². The fourth-order valence-electron chi connectivity index (χ4n) is 3.51. The minimum Gasteiger partial charge on any atom is -0.353 e. The van der Waals surface area contributed by atoms with Gasteiger partial charge in [-0.15, -0.1) is 0 Å². The minimum atomic E-state index is 0.598. The van der Waals surface area contributed by atoms with E-state index in [1.807, 2.05) is 0 Å². The molecule has 1 atom stereocenters.